The number of halogens is 1. The van der Waals surface area contributed by atoms with Crippen LogP contribution in [-0.2, 0) is 0 Å². The maximum Gasteiger partial charge on any atom is 0.189 e. The highest BCUT2D eigenvalue weighted by Gasteiger charge is 2.27. The summed E-state index contributed by atoms with van der Waals surface area (Å²) in [7, 11) is 0. The Hall–Kier alpha value is -0.840. The molecule has 0 N–H and O–H groups in total. The monoisotopic (exact) mass is 213 g/mol. The molecule has 1 aromatic heterocycles. The summed E-state index contributed by atoms with van der Waals surface area (Å²) in [4.78, 5) is 10.5. The van der Waals surface area contributed by atoms with Crippen molar-refractivity contribution in [2.45, 2.75) is 18.3 Å². The van der Waals surface area contributed by atoms with E-state index in [0.29, 0.717) is 13.1 Å². The lowest BCUT2D eigenvalue weighted by Gasteiger charge is -2.35. The molecule has 1 aliphatic heterocycles. The highest BCUT2D eigenvalue weighted by atomic mass is 32.2. The molecule has 1 aromatic rings. The quantitative estimate of drug-likeness (QED) is 0.552. The van der Waals surface area contributed by atoms with Crippen molar-refractivity contribution in [3.63, 3.8) is 0 Å². The molecule has 0 radical (unpaired) electrons. The van der Waals surface area contributed by atoms with Crippen molar-refractivity contribution in [1.82, 2.24) is 9.97 Å². The highest BCUT2D eigenvalue weighted by Crippen LogP contribution is 2.22. The largest absolute Gasteiger partial charge is 0.350 e. The molecule has 0 saturated carbocycles. The molecule has 3 nitrogen and oxygen atoms in total. The van der Waals surface area contributed by atoms with Crippen LogP contribution in [0.25, 0.3) is 0 Å². The highest BCUT2D eigenvalue weighted by molar-refractivity contribution is 7.98. The molecule has 2 heterocycles. The van der Waals surface area contributed by atoms with Crippen LogP contribution in [0, 0.1) is 6.92 Å². The van der Waals surface area contributed by atoms with Gasteiger partial charge in [-0.25, -0.2) is 14.4 Å². The first-order chi connectivity index (χ1) is 6.69. The zero-order valence-electron chi connectivity index (χ0n) is 8.20. The number of alkyl halides is 1. The van der Waals surface area contributed by atoms with Gasteiger partial charge in [0.2, 0.25) is 0 Å². The lowest BCUT2D eigenvalue weighted by Crippen LogP contribution is -2.48. The lowest BCUT2D eigenvalue weighted by molar-refractivity contribution is 0.273. The van der Waals surface area contributed by atoms with E-state index in [1.807, 2.05) is 24.1 Å². The predicted octanol–water partition coefficient (Wildman–Crippen LogP) is 1.67. The topological polar surface area (TPSA) is 29.0 Å². The number of thioether (sulfide) groups is 1. The molecule has 1 saturated heterocycles. The maximum absolute atomic E-state index is 12.6. The molecule has 0 aromatic carbocycles. The molecule has 0 amide bonds. The van der Waals surface area contributed by atoms with Gasteiger partial charge in [0.25, 0.3) is 0 Å². The van der Waals surface area contributed by atoms with E-state index in [9.17, 15) is 4.39 Å². The van der Waals surface area contributed by atoms with Crippen LogP contribution in [0.5, 0.6) is 0 Å². The maximum atomic E-state index is 12.6. The number of hydrogen-bond acceptors (Lipinski definition) is 4. The third kappa shape index (κ3) is 1.82. The van der Waals surface area contributed by atoms with Crippen LogP contribution in [0.2, 0.25) is 0 Å². The Morgan fingerprint density at radius 3 is 2.79 bits per heavy atom. The fourth-order valence-electron chi connectivity index (χ4n) is 1.39. The average molecular weight is 213 g/mol. The molecular weight excluding hydrogens is 201 g/mol. The molecule has 14 heavy (non-hydrogen) atoms. The Morgan fingerprint density at radius 2 is 2.21 bits per heavy atom. The van der Waals surface area contributed by atoms with Gasteiger partial charge in [0.15, 0.2) is 5.16 Å². The first-order valence-corrected chi connectivity index (χ1v) is 5.70. The van der Waals surface area contributed by atoms with Crippen molar-refractivity contribution in [1.29, 1.82) is 0 Å². The fourth-order valence-corrected chi connectivity index (χ4v) is 1.81. The summed E-state index contributed by atoms with van der Waals surface area (Å²) in [6.07, 6.45) is 1.25. The Morgan fingerprint density at radius 1 is 1.50 bits per heavy atom. The summed E-state index contributed by atoms with van der Waals surface area (Å²) in [5.74, 6) is 0.843. The number of anilines is 1. The van der Waals surface area contributed by atoms with E-state index in [2.05, 4.69) is 9.97 Å². The van der Waals surface area contributed by atoms with Gasteiger partial charge in [-0.05, 0) is 13.2 Å². The summed E-state index contributed by atoms with van der Waals surface area (Å²) in [6.45, 7) is 2.85. The molecule has 1 aliphatic rings. The van der Waals surface area contributed by atoms with E-state index in [1.165, 1.54) is 11.8 Å². The van der Waals surface area contributed by atoms with E-state index in [1.54, 1.807) is 0 Å². The minimum absolute atomic E-state index is 0.463. The van der Waals surface area contributed by atoms with Gasteiger partial charge in [0.05, 0.1) is 13.1 Å². The summed E-state index contributed by atoms with van der Waals surface area (Å²) in [5, 5.41) is 0.752. The van der Waals surface area contributed by atoms with E-state index < -0.39 is 6.17 Å². The van der Waals surface area contributed by atoms with Gasteiger partial charge in [-0.3, -0.25) is 0 Å². The van der Waals surface area contributed by atoms with E-state index in [-0.39, 0.29) is 0 Å². The number of aryl methyl sites for hydroxylation is 1. The molecule has 0 atom stereocenters. The average Bonchev–Trinajstić information content (AvgIpc) is 2.12. The Labute approximate surface area is 86.7 Å². The fraction of sp³-hybridized carbons (Fsp3) is 0.556. The van der Waals surface area contributed by atoms with Crippen molar-refractivity contribution >= 4 is 17.6 Å². The van der Waals surface area contributed by atoms with Crippen LogP contribution in [0.4, 0.5) is 10.2 Å². The SMILES string of the molecule is CSc1nc(C)cc(N2CC(F)C2)n1. The molecule has 5 heteroatoms. The zero-order valence-corrected chi connectivity index (χ0v) is 9.01. The smallest absolute Gasteiger partial charge is 0.189 e. The van der Waals surface area contributed by atoms with Gasteiger partial charge < -0.3 is 4.90 Å². The Balaban J connectivity index is 2.21. The standard InChI is InChI=1S/C9H12FN3S/c1-6-3-8(12-9(11-6)14-2)13-4-7(10)5-13/h3,7H,4-5H2,1-2H3. The molecule has 0 bridgehead atoms. The minimum Gasteiger partial charge on any atom is -0.350 e. The third-order valence-corrected chi connectivity index (χ3v) is 2.71. The summed E-state index contributed by atoms with van der Waals surface area (Å²) in [5.41, 5.74) is 0.932. The molecule has 1 fully saturated rings. The second-order valence-corrected chi connectivity index (χ2v) is 4.13. The molecule has 2 rings (SSSR count). The first-order valence-electron chi connectivity index (χ1n) is 4.47. The summed E-state index contributed by atoms with van der Waals surface area (Å²) < 4.78 is 12.6. The molecular formula is C9H12FN3S. The second-order valence-electron chi connectivity index (χ2n) is 3.36. The minimum atomic E-state index is -0.692. The van der Waals surface area contributed by atoms with Gasteiger partial charge in [-0.2, -0.15) is 0 Å². The lowest BCUT2D eigenvalue weighted by atomic mass is 10.2. The zero-order chi connectivity index (χ0) is 10.1. The first kappa shape index (κ1) is 9.71. The number of aromatic nitrogens is 2. The van der Waals surface area contributed by atoms with Crippen molar-refractivity contribution < 1.29 is 4.39 Å². The van der Waals surface area contributed by atoms with Crippen LogP contribution >= 0.6 is 11.8 Å². The molecule has 0 spiro atoms. The van der Waals surface area contributed by atoms with Gasteiger partial charge in [-0.1, -0.05) is 11.8 Å². The van der Waals surface area contributed by atoms with E-state index in [0.717, 1.165) is 16.7 Å². The molecule has 0 aliphatic carbocycles. The predicted molar refractivity (Wildman–Crippen MR) is 55.7 cm³/mol. The van der Waals surface area contributed by atoms with Crippen molar-refractivity contribution in [2.75, 3.05) is 24.2 Å². The van der Waals surface area contributed by atoms with Crippen LogP contribution in [0.1, 0.15) is 5.69 Å². The normalized spacial score (nSPS) is 16.9. The van der Waals surface area contributed by atoms with Crippen molar-refractivity contribution in [2.24, 2.45) is 0 Å². The van der Waals surface area contributed by atoms with Crippen LogP contribution < -0.4 is 4.90 Å². The Kier molecular flexibility index (Phi) is 2.58. The van der Waals surface area contributed by atoms with Gasteiger partial charge in [0, 0.05) is 11.8 Å². The van der Waals surface area contributed by atoms with Gasteiger partial charge in [-0.15, -0.1) is 0 Å². The van der Waals surface area contributed by atoms with Crippen molar-refractivity contribution in [3.8, 4) is 0 Å². The molecule has 0 unspecified atom stereocenters. The number of nitrogens with zero attached hydrogens (tertiary/aromatic N) is 3. The molecule has 76 valence electrons. The summed E-state index contributed by atoms with van der Waals surface area (Å²) in [6, 6.07) is 1.89. The van der Waals surface area contributed by atoms with E-state index >= 15 is 0 Å². The van der Waals surface area contributed by atoms with E-state index in [4.69, 9.17) is 0 Å². The number of rotatable bonds is 2. The van der Waals surface area contributed by atoms with Crippen LogP contribution in [0.3, 0.4) is 0 Å². The van der Waals surface area contributed by atoms with Crippen LogP contribution in [0.15, 0.2) is 11.2 Å². The second kappa shape index (κ2) is 3.73. The third-order valence-electron chi connectivity index (χ3n) is 2.16. The summed E-state index contributed by atoms with van der Waals surface area (Å²) >= 11 is 1.51. The van der Waals surface area contributed by atoms with Crippen molar-refractivity contribution in [3.05, 3.63) is 11.8 Å². The van der Waals surface area contributed by atoms with Gasteiger partial charge in [0.1, 0.15) is 12.0 Å². The van der Waals surface area contributed by atoms with Crippen LogP contribution in [-0.4, -0.2) is 35.5 Å². The number of hydrogen-bond donors (Lipinski definition) is 0. The van der Waals surface area contributed by atoms with Gasteiger partial charge >= 0.3 is 0 Å². The Bertz CT molecular complexity index is 339.